The zero-order valence-electron chi connectivity index (χ0n) is 13.2. The summed E-state index contributed by atoms with van der Waals surface area (Å²) < 4.78 is 5.46. The molecule has 1 saturated carbocycles. The molecule has 1 aliphatic heterocycles. The minimum Gasteiger partial charge on any atom is -0.381 e. The summed E-state index contributed by atoms with van der Waals surface area (Å²) in [5.41, 5.74) is 7.32. The molecule has 0 unspecified atom stereocenters. The molecule has 0 spiro atoms. The predicted octanol–water partition coefficient (Wildman–Crippen LogP) is 4.13. The Bertz CT molecular complexity index is 273. The van der Waals surface area contributed by atoms with Crippen LogP contribution in [0, 0.1) is 17.3 Å². The van der Waals surface area contributed by atoms with Crippen LogP contribution in [0.2, 0.25) is 0 Å². The quantitative estimate of drug-likeness (QED) is 0.831. The van der Waals surface area contributed by atoms with Crippen molar-refractivity contribution in [3.63, 3.8) is 0 Å². The van der Waals surface area contributed by atoms with Gasteiger partial charge in [0.05, 0.1) is 0 Å². The summed E-state index contributed by atoms with van der Waals surface area (Å²) in [4.78, 5) is 0. The highest BCUT2D eigenvalue weighted by atomic mass is 16.5. The molecule has 2 fully saturated rings. The number of ether oxygens (including phenoxy) is 1. The Hall–Kier alpha value is -0.0800. The highest BCUT2D eigenvalue weighted by Crippen LogP contribution is 2.44. The van der Waals surface area contributed by atoms with Crippen molar-refractivity contribution < 1.29 is 4.74 Å². The van der Waals surface area contributed by atoms with Crippen molar-refractivity contribution in [3.05, 3.63) is 0 Å². The molecule has 0 atom stereocenters. The molecule has 0 aromatic carbocycles. The maximum absolute atomic E-state index is 6.70. The van der Waals surface area contributed by atoms with Crippen LogP contribution in [0.15, 0.2) is 0 Å². The number of nitrogens with two attached hydrogens (primary N) is 1. The largest absolute Gasteiger partial charge is 0.381 e. The smallest absolute Gasteiger partial charge is 0.0468 e. The Balaban J connectivity index is 1.83. The summed E-state index contributed by atoms with van der Waals surface area (Å²) in [7, 11) is 0. The van der Waals surface area contributed by atoms with E-state index >= 15 is 0 Å². The van der Waals surface area contributed by atoms with Crippen molar-refractivity contribution in [1.82, 2.24) is 0 Å². The van der Waals surface area contributed by atoms with E-state index < -0.39 is 0 Å². The van der Waals surface area contributed by atoms with Crippen LogP contribution in [0.4, 0.5) is 0 Å². The molecule has 19 heavy (non-hydrogen) atoms. The van der Waals surface area contributed by atoms with Gasteiger partial charge >= 0.3 is 0 Å². The van der Waals surface area contributed by atoms with Gasteiger partial charge in [-0.3, -0.25) is 0 Å². The van der Waals surface area contributed by atoms with Crippen molar-refractivity contribution in [2.45, 2.75) is 77.7 Å². The molecule has 2 nitrogen and oxygen atoms in total. The summed E-state index contributed by atoms with van der Waals surface area (Å²) in [5.74, 6) is 1.69. The Morgan fingerprint density at radius 2 is 1.68 bits per heavy atom. The number of rotatable bonds is 4. The van der Waals surface area contributed by atoms with Gasteiger partial charge in [-0.05, 0) is 62.2 Å². The molecule has 0 bridgehead atoms. The molecule has 0 amide bonds. The summed E-state index contributed by atoms with van der Waals surface area (Å²) in [6, 6.07) is 0. The fourth-order valence-corrected chi connectivity index (χ4v) is 3.99. The molecular formula is C17H33NO. The first-order valence-electron chi connectivity index (χ1n) is 8.32. The zero-order chi connectivity index (χ0) is 13.9. The first-order valence-corrected chi connectivity index (χ1v) is 8.32. The molecule has 2 aliphatic rings. The van der Waals surface area contributed by atoms with Crippen molar-refractivity contribution >= 4 is 0 Å². The van der Waals surface area contributed by atoms with Crippen LogP contribution < -0.4 is 5.73 Å². The first-order chi connectivity index (χ1) is 8.95. The lowest BCUT2D eigenvalue weighted by atomic mass is 9.64. The minimum atomic E-state index is 0.127. The summed E-state index contributed by atoms with van der Waals surface area (Å²) in [6.45, 7) is 9.09. The van der Waals surface area contributed by atoms with Crippen LogP contribution in [0.25, 0.3) is 0 Å². The van der Waals surface area contributed by atoms with E-state index in [1.807, 2.05) is 0 Å². The zero-order valence-corrected chi connectivity index (χ0v) is 13.2. The summed E-state index contributed by atoms with van der Waals surface area (Å²) in [6.07, 6.45) is 10.1. The fourth-order valence-electron chi connectivity index (χ4n) is 3.99. The lowest BCUT2D eigenvalue weighted by Gasteiger charge is -2.44. The van der Waals surface area contributed by atoms with Crippen LogP contribution in [-0.2, 0) is 4.74 Å². The van der Waals surface area contributed by atoms with Crippen molar-refractivity contribution in [3.8, 4) is 0 Å². The van der Waals surface area contributed by atoms with Crippen LogP contribution in [0.1, 0.15) is 72.1 Å². The van der Waals surface area contributed by atoms with E-state index in [9.17, 15) is 0 Å². The molecule has 0 aromatic heterocycles. The van der Waals surface area contributed by atoms with Crippen molar-refractivity contribution in [2.75, 3.05) is 13.2 Å². The van der Waals surface area contributed by atoms with Crippen LogP contribution in [-0.4, -0.2) is 18.8 Å². The van der Waals surface area contributed by atoms with Gasteiger partial charge in [0, 0.05) is 18.8 Å². The Morgan fingerprint density at radius 3 is 2.21 bits per heavy atom. The van der Waals surface area contributed by atoms with Gasteiger partial charge in [-0.1, -0.05) is 27.2 Å². The Morgan fingerprint density at radius 1 is 1.11 bits per heavy atom. The molecule has 1 heterocycles. The number of hydrogen-bond acceptors (Lipinski definition) is 2. The predicted molar refractivity (Wildman–Crippen MR) is 81.1 cm³/mol. The van der Waals surface area contributed by atoms with E-state index in [-0.39, 0.29) is 5.54 Å². The highest BCUT2D eigenvalue weighted by molar-refractivity contribution is 4.94. The van der Waals surface area contributed by atoms with Gasteiger partial charge in [-0.15, -0.1) is 0 Å². The average molecular weight is 267 g/mol. The van der Waals surface area contributed by atoms with Gasteiger partial charge in [0.1, 0.15) is 0 Å². The second-order valence-corrected chi connectivity index (χ2v) is 7.74. The average Bonchev–Trinajstić information content (AvgIpc) is 2.40. The Labute approximate surface area is 119 Å². The summed E-state index contributed by atoms with van der Waals surface area (Å²) in [5, 5.41) is 0. The summed E-state index contributed by atoms with van der Waals surface area (Å²) >= 11 is 0. The molecule has 0 aromatic rings. The molecule has 1 saturated heterocycles. The second-order valence-electron chi connectivity index (χ2n) is 7.74. The third-order valence-corrected chi connectivity index (χ3v) is 6.03. The van der Waals surface area contributed by atoms with Crippen molar-refractivity contribution in [2.24, 2.45) is 23.0 Å². The van der Waals surface area contributed by atoms with E-state index in [1.165, 1.54) is 51.4 Å². The molecule has 2 rings (SSSR count). The van der Waals surface area contributed by atoms with Crippen LogP contribution in [0.3, 0.4) is 0 Å². The lowest BCUT2D eigenvalue weighted by Crippen LogP contribution is -2.47. The normalized spacial score (nSPS) is 34.4. The molecule has 112 valence electrons. The molecule has 2 N–H and O–H groups in total. The van der Waals surface area contributed by atoms with E-state index in [0.717, 1.165) is 25.0 Å². The van der Waals surface area contributed by atoms with Gasteiger partial charge in [0.2, 0.25) is 0 Å². The lowest BCUT2D eigenvalue weighted by molar-refractivity contribution is 0.0447. The van der Waals surface area contributed by atoms with Crippen LogP contribution in [0.5, 0.6) is 0 Å². The first kappa shape index (κ1) is 15.3. The number of hydrogen-bond donors (Lipinski definition) is 1. The van der Waals surface area contributed by atoms with Gasteiger partial charge in [0.15, 0.2) is 0 Å². The third-order valence-electron chi connectivity index (χ3n) is 6.03. The van der Waals surface area contributed by atoms with Gasteiger partial charge < -0.3 is 10.5 Å². The van der Waals surface area contributed by atoms with E-state index in [1.54, 1.807) is 0 Å². The van der Waals surface area contributed by atoms with Gasteiger partial charge in [0.25, 0.3) is 0 Å². The van der Waals surface area contributed by atoms with Crippen LogP contribution >= 0.6 is 0 Å². The molecule has 1 aliphatic carbocycles. The minimum absolute atomic E-state index is 0.127. The maximum atomic E-state index is 6.70. The van der Waals surface area contributed by atoms with E-state index in [4.69, 9.17) is 10.5 Å². The standard InChI is InChI=1S/C17H33NO/c1-4-16(2,3)15-5-9-17(18,10-6-15)13-14-7-11-19-12-8-14/h14-15H,4-13,18H2,1-3H3. The fraction of sp³-hybridized carbons (Fsp3) is 1.00. The molecular weight excluding hydrogens is 234 g/mol. The second kappa shape index (κ2) is 6.13. The monoisotopic (exact) mass is 267 g/mol. The maximum Gasteiger partial charge on any atom is 0.0468 e. The SMILES string of the molecule is CCC(C)(C)C1CCC(N)(CC2CCOCC2)CC1. The van der Waals surface area contributed by atoms with Gasteiger partial charge in [-0.2, -0.15) is 0 Å². The highest BCUT2D eigenvalue weighted by Gasteiger charge is 2.38. The molecule has 2 heteroatoms. The van der Waals surface area contributed by atoms with Gasteiger partial charge in [-0.25, -0.2) is 0 Å². The third kappa shape index (κ3) is 3.95. The topological polar surface area (TPSA) is 35.2 Å². The Kier molecular flexibility index (Phi) is 4.94. The van der Waals surface area contributed by atoms with Crippen molar-refractivity contribution in [1.29, 1.82) is 0 Å². The molecule has 0 radical (unpaired) electrons. The van der Waals surface area contributed by atoms with E-state index in [0.29, 0.717) is 5.41 Å². The van der Waals surface area contributed by atoms with E-state index in [2.05, 4.69) is 20.8 Å².